The monoisotopic (exact) mass is 308 g/mol. The maximum atomic E-state index is 10.3. The van der Waals surface area contributed by atoms with Gasteiger partial charge in [0.25, 0.3) is 0 Å². The van der Waals surface area contributed by atoms with Crippen molar-refractivity contribution < 1.29 is 9.90 Å². The largest absolute Gasteiger partial charge is 0.481 e. The number of carboxylic acid groups (broad SMARTS) is 1. The van der Waals surface area contributed by atoms with E-state index in [9.17, 15) is 4.79 Å². The molecule has 0 atom stereocenters. The van der Waals surface area contributed by atoms with Crippen molar-refractivity contribution in [1.82, 2.24) is 0 Å². The number of hydrogen-bond donors (Lipinski definition) is 1. The molecule has 0 rings (SSSR count). The molecule has 22 heavy (non-hydrogen) atoms. The Kier molecular flexibility index (Phi) is 17.1. The summed E-state index contributed by atoms with van der Waals surface area (Å²) in [5.41, 5.74) is 0. The lowest BCUT2D eigenvalue weighted by atomic mass is 10.1. The molecule has 0 aromatic heterocycles. The Bertz CT molecular complexity index is 292. The topological polar surface area (TPSA) is 37.3 Å². The van der Waals surface area contributed by atoms with Gasteiger partial charge in [-0.15, -0.1) is 0 Å². The van der Waals surface area contributed by atoms with E-state index in [4.69, 9.17) is 5.11 Å². The summed E-state index contributed by atoms with van der Waals surface area (Å²) < 4.78 is 0. The van der Waals surface area contributed by atoms with Crippen LogP contribution in [0.25, 0.3) is 0 Å². The van der Waals surface area contributed by atoms with Crippen molar-refractivity contribution in [2.75, 3.05) is 0 Å². The molecule has 0 saturated heterocycles. The number of hydrogen-bond acceptors (Lipinski definition) is 1. The van der Waals surface area contributed by atoms with Crippen LogP contribution in [0.4, 0.5) is 0 Å². The molecule has 0 bridgehead atoms. The SMILES string of the molecule is CCCCCCCCC=CCCCC=CCCCCC(=O)O. The zero-order valence-electron chi connectivity index (χ0n) is 14.6. The standard InChI is InChI=1S/C20H36O2/c1-2-3-4-5-6-7-8-9-10-11-12-13-14-15-16-17-18-19-20(21)22/h9-10,14-15H,2-8,11-13,16-19H2,1H3,(H,21,22). The molecule has 0 amide bonds. The molecule has 0 saturated carbocycles. The molecule has 0 aliphatic rings. The number of aliphatic carboxylic acids is 1. The fourth-order valence-corrected chi connectivity index (χ4v) is 2.41. The van der Waals surface area contributed by atoms with Crippen LogP contribution in [-0.4, -0.2) is 11.1 Å². The Morgan fingerprint density at radius 1 is 0.682 bits per heavy atom. The van der Waals surface area contributed by atoms with Crippen LogP contribution in [0.1, 0.15) is 96.8 Å². The van der Waals surface area contributed by atoms with Crippen molar-refractivity contribution in [3.63, 3.8) is 0 Å². The van der Waals surface area contributed by atoms with E-state index in [0.29, 0.717) is 6.42 Å². The zero-order chi connectivity index (χ0) is 16.3. The van der Waals surface area contributed by atoms with Crippen molar-refractivity contribution in [2.45, 2.75) is 96.8 Å². The predicted molar refractivity (Wildman–Crippen MR) is 96.2 cm³/mol. The quantitative estimate of drug-likeness (QED) is 0.255. The van der Waals surface area contributed by atoms with Crippen molar-refractivity contribution in [2.24, 2.45) is 0 Å². The minimum atomic E-state index is -0.684. The van der Waals surface area contributed by atoms with Gasteiger partial charge in [0, 0.05) is 6.42 Å². The Hall–Kier alpha value is -1.05. The molecule has 0 aliphatic heterocycles. The smallest absolute Gasteiger partial charge is 0.303 e. The molecule has 2 heteroatoms. The number of rotatable bonds is 16. The highest BCUT2D eigenvalue weighted by molar-refractivity contribution is 5.66. The highest BCUT2D eigenvalue weighted by Gasteiger charge is 1.94. The van der Waals surface area contributed by atoms with Crippen LogP contribution in [-0.2, 0) is 4.79 Å². The van der Waals surface area contributed by atoms with E-state index in [1.54, 1.807) is 0 Å². The van der Waals surface area contributed by atoms with Gasteiger partial charge in [0.2, 0.25) is 0 Å². The number of unbranched alkanes of at least 4 members (excludes halogenated alkanes) is 10. The van der Waals surface area contributed by atoms with E-state index in [1.165, 1.54) is 57.8 Å². The van der Waals surface area contributed by atoms with Gasteiger partial charge in [-0.05, 0) is 51.4 Å². The van der Waals surface area contributed by atoms with Crippen LogP contribution in [0.3, 0.4) is 0 Å². The van der Waals surface area contributed by atoms with E-state index in [1.807, 2.05) is 0 Å². The third-order valence-corrected chi connectivity index (χ3v) is 3.81. The molecule has 0 aromatic carbocycles. The van der Waals surface area contributed by atoms with Crippen LogP contribution >= 0.6 is 0 Å². The molecule has 0 radical (unpaired) electrons. The molecular formula is C20H36O2. The molecular weight excluding hydrogens is 272 g/mol. The first-order valence-electron chi connectivity index (χ1n) is 9.29. The van der Waals surface area contributed by atoms with Gasteiger partial charge in [-0.3, -0.25) is 4.79 Å². The second-order valence-electron chi connectivity index (χ2n) is 6.07. The van der Waals surface area contributed by atoms with Gasteiger partial charge < -0.3 is 5.11 Å². The fraction of sp³-hybridized carbons (Fsp3) is 0.750. The van der Waals surface area contributed by atoms with Crippen LogP contribution in [0, 0.1) is 0 Å². The molecule has 0 spiro atoms. The third-order valence-electron chi connectivity index (χ3n) is 3.81. The number of carbonyl (C=O) groups is 1. The van der Waals surface area contributed by atoms with Crippen molar-refractivity contribution >= 4 is 5.97 Å². The highest BCUT2D eigenvalue weighted by Crippen LogP contribution is 2.08. The second kappa shape index (κ2) is 18.0. The Morgan fingerprint density at radius 2 is 1.14 bits per heavy atom. The van der Waals surface area contributed by atoms with Gasteiger partial charge in [-0.25, -0.2) is 0 Å². The van der Waals surface area contributed by atoms with Gasteiger partial charge in [-0.2, -0.15) is 0 Å². The minimum absolute atomic E-state index is 0.303. The minimum Gasteiger partial charge on any atom is -0.481 e. The average Bonchev–Trinajstić information content (AvgIpc) is 2.50. The van der Waals surface area contributed by atoms with Crippen LogP contribution in [0.15, 0.2) is 24.3 Å². The molecule has 0 aromatic rings. The Morgan fingerprint density at radius 3 is 1.68 bits per heavy atom. The van der Waals surface area contributed by atoms with Gasteiger partial charge in [-0.1, -0.05) is 63.3 Å². The van der Waals surface area contributed by atoms with Gasteiger partial charge in [0.05, 0.1) is 0 Å². The maximum absolute atomic E-state index is 10.3. The molecule has 0 aliphatic carbocycles. The van der Waals surface area contributed by atoms with E-state index < -0.39 is 5.97 Å². The van der Waals surface area contributed by atoms with Crippen LogP contribution < -0.4 is 0 Å². The van der Waals surface area contributed by atoms with E-state index in [0.717, 1.165) is 25.7 Å². The summed E-state index contributed by atoms with van der Waals surface area (Å²) in [6.45, 7) is 2.26. The Labute approximate surface area is 137 Å². The first kappa shape index (κ1) is 20.9. The van der Waals surface area contributed by atoms with E-state index in [-0.39, 0.29) is 0 Å². The molecule has 1 N–H and O–H groups in total. The molecule has 0 heterocycles. The molecule has 0 fully saturated rings. The summed E-state index contributed by atoms with van der Waals surface area (Å²) in [6, 6.07) is 0. The summed E-state index contributed by atoms with van der Waals surface area (Å²) in [5.74, 6) is -0.684. The average molecular weight is 309 g/mol. The predicted octanol–water partition coefficient (Wildman–Crippen LogP) is 6.66. The summed E-state index contributed by atoms with van der Waals surface area (Å²) in [7, 11) is 0. The molecule has 2 nitrogen and oxygen atoms in total. The molecule has 128 valence electrons. The first-order valence-corrected chi connectivity index (χ1v) is 9.29. The maximum Gasteiger partial charge on any atom is 0.303 e. The molecule has 0 unspecified atom stereocenters. The summed E-state index contributed by atoms with van der Waals surface area (Å²) in [5, 5.41) is 8.51. The van der Waals surface area contributed by atoms with E-state index in [2.05, 4.69) is 31.2 Å². The van der Waals surface area contributed by atoms with Crippen molar-refractivity contribution in [3.05, 3.63) is 24.3 Å². The van der Waals surface area contributed by atoms with Crippen LogP contribution in [0.2, 0.25) is 0 Å². The van der Waals surface area contributed by atoms with Crippen LogP contribution in [0.5, 0.6) is 0 Å². The fourth-order valence-electron chi connectivity index (χ4n) is 2.41. The van der Waals surface area contributed by atoms with Gasteiger partial charge >= 0.3 is 5.97 Å². The van der Waals surface area contributed by atoms with Gasteiger partial charge in [0.15, 0.2) is 0 Å². The lowest BCUT2D eigenvalue weighted by Crippen LogP contribution is -1.92. The number of carboxylic acids is 1. The van der Waals surface area contributed by atoms with E-state index >= 15 is 0 Å². The third kappa shape index (κ3) is 18.9. The first-order chi connectivity index (χ1) is 10.8. The second-order valence-corrected chi connectivity index (χ2v) is 6.07. The normalized spacial score (nSPS) is 11.7. The Balaban J connectivity index is 3.18. The van der Waals surface area contributed by atoms with Gasteiger partial charge in [0.1, 0.15) is 0 Å². The zero-order valence-corrected chi connectivity index (χ0v) is 14.6. The summed E-state index contributed by atoms with van der Waals surface area (Å²) in [4.78, 5) is 10.3. The lowest BCUT2D eigenvalue weighted by molar-refractivity contribution is -0.137. The summed E-state index contributed by atoms with van der Waals surface area (Å²) in [6.07, 6.45) is 25.2. The lowest BCUT2D eigenvalue weighted by Gasteiger charge is -1.97. The summed E-state index contributed by atoms with van der Waals surface area (Å²) >= 11 is 0. The van der Waals surface area contributed by atoms with Crippen molar-refractivity contribution in [3.8, 4) is 0 Å². The number of allylic oxidation sites excluding steroid dienone is 4. The highest BCUT2D eigenvalue weighted by atomic mass is 16.4. The van der Waals surface area contributed by atoms with Crippen molar-refractivity contribution in [1.29, 1.82) is 0 Å².